The van der Waals surface area contributed by atoms with Crippen LogP contribution >= 0.6 is 0 Å². The van der Waals surface area contributed by atoms with Crippen LogP contribution in [0.15, 0.2) is 36.1 Å². The van der Waals surface area contributed by atoms with Crippen LogP contribution in [0.5, 0.6) is 0 Å². The number of hydrogen-bond acceptors (Lipinski definition) is 2. The molecule has 0 aliphatic carbocycles. The van der Waals surface area contributed by atoms with E-state index in [2.05, 4.69) is 6.92 Å². The number of carboxylic acid groups (broad SMARTS) is 1. The van der Waals surface area contributed by atoms with E-state index in [1.54, 1.807) is 0 Å². The second-order valence-electron chi connectivity index (χ2n) is 5.02. The highest BCUT2D eigenvalue weighted by Gasteiger charge is 2.14. The van der Waals surface area contributed by atoms with Gasteiger partial charge in [-0.05, 0) is 18.4 Å². The average molecular weight is 276 g/mol. The first kappa shape index (κ1) is 16.3. The van der Waals surface area contributed by atoms with Gasteiger partial charge in [-0.2, -0.15) is 0 Å². The maximum atomic E-state index is 11.0. The van der Waals surface area contributed by atoms with Gasteiger partial charge in [0.15, 0.2) is 0 Å². The third-order valence-corrected chi connectivity index (χ3v) is 3.39. The Morgan fingerprint density at radius 3 is 2.15 bits per heavy atom. The first-order chi connectivity index (χ1) is 9.66. The van der Waals surface area contributed by atoms with Crippen LogP contribution in [-0.4, -0.2) is 16.2 Å². The lowest BCUT2D eigenvalue weighted by Crippen LogP contribution is -2.03. The minimum Gasteiger partial charge on any atom is -0.502 e. The maximum absolute atomic E-state index is 11.0. The van der Waals surface area contributed by atoms with Gasteiger partial charge in [0.25, 0.3) is 0 Å². The minimum absolute atomic E-state index is 0.523. The van der Waals surface area contributed by atoms with Crippen LogP contribution in [0.1, 0.15) is 57.4 Å². The van der Waals surface area contributed by atoms with E-state index >= 15 is 0 Å². The summed E-state index contributed by atoms with van der Waals surface area (Å²) in [6.07, 6.45) is 7.45. The number of unbranched alkanes of at least 4 members (excludes halogenated alkanes) is 5. The predicted octanol–water partition coefficient (Wildman–Crippen LogP) is 4.79. The standard InChI is InChI=1S/C17H24O3/c1-2-3-4-5-6-10-13-15(16(18)17(19)20)14-11-8-7-9-12-14/h7-9,11-12,18H,2-6,10,13H2,1H3,(H,19,20). The van der Waals surface area contributed by atoms with Crippen molar-refractivity contribution >= 4 is 11.5 Å². The Morgan fingerprint density at radius 2 is 1.55 bits per heavy atom. The Labute approximate surface area is 121 Å². The number of carbonyl (C=O) groups is 1. The number of allylic oxidation sites excluding steroid dienone is 1. The molecule has 20 heavy (non-hydrogen) atoms. The number of aliphatic carboxylic acids is 1. The number of aliphatic hydroxyl groups is 1. The summed E-state index contributed by atoms with van der Waals surface area (Å²) in [4.78, 5) is 11.0. The predicted molar refractivity (Wildman–Crippen MR) is 81.6 cm³/mol. The largest absolute Gasteiger partial charge is 0.502 e. The van der Waals surface area contributed by atoms with E-state index in [4.69, 9.17) is 5.11 Å². The summed E-state index contributed by atoms with van der Waals surface area (Å²) in [5, 5.41) is 18.7. The number of carboxylic acids is 1. The molecule has 0 radical (unpaired) electrons. The molecule has 0 amide bonds. The van der Waals surface area contributed by atoms with Crippen molar-refractivity contribution in [3.05, 3.63) is 41.7 Å². The Bertz CT molecular complexity index is 435. The van der Waals surface area contributed by atoms with Crippen molar-refractivity contribution in [2.45, 2.75) is 51.9 Å². The smallest absolute Gasteiger partial charge is 0.371 e. The minimum atomic E-state index is -1.25. The molecule has 0 fully saturated rings. The molecule has 0 atom stereocenters. The second-order valence-corrected chi connectivity index (χ2v) is 5.02. The zero-order chi connectivity index (χ0) is 14.8. The van der Waals surface area contributed by atoms with Crippen LogP contribution in [0.3, 0.4) is 0 Å². The van der Waals surface area contributed by atoms with Crippen molar-refractivity contribution in [3.63, 3.8) is 0 Å². The molecule has 0 spiro atoms. The van der Waals surface area contributed by atoms with Gasteiger partial charge in [0.1, 0.15) is 0 Å². The zero-order valence-corrected chi connectivity index (χ0v) is 12.1. The second kappa shape index (κ2) is 9.18. The number of rotatable bonds is 9. The van der Waals surface area contributed by atoms with Crippen molar-refractivity contribution in [1.82, 2.24) is 0 Å². The van der Waals surface area contributed by atoms with Crippen LogP contribution in [0.2, 0.25) is 0 Å². The molecule has 3 heteroatoms. The fourth-order valence-electron chi connectivity index (χ4n) is 2.25. The van der Waals surface area contributed by atoms with E-state index in [0.29, 0.717) is 12.0 Å². The highest BCUT2D eigenvalue weighted by Crippen LogP contribution is 2.24. The third kappa shape index (κ3) is 5.47. The van der Waals surface area contributed by atoms with Crippen molar-refractivity contribution in [2.75, 3.05) is 0 Å². The fraction of sp³-hybridized carbons (Fsp3) is 0.471. The molecule has 0 heterocycles. The molecule has 0 saturated carbocycles. The Balaban J connectivity index is 2.62. The summed E-state index contributed by atoms with van der Waals surface area (Å²) in [7, 11) is 0. The van der Waals surface area contributed by atoms with Gasteiger partial charge in [0.05, 0.1) is 0 Å². The Kier molecular flexibility index (Phi) is 7.48. The van der Waals surface area contributed by atoms with Gasteiger partial charge in [0.2, 0.25) is 5.76 Å². The molecule has 1 aromatic rings. The van der Waals surface area contributed by atoms with Gasteiger partial charge in [-0.1, -0.05) is 69.4 Å². The summed E-state index contributed by atoms with van der Waals surface area (Å²) in [6.45, 7) is 2.18. The Hall–Kier alpha value is -1.77. The number of hydrogen-bond donors (Lipinski definition) is 2. The quantitative estimate of drug-likeness (QED) is 0.387. The molecule has 110 valence electrons. The van der Waals surface area contributed by atoms with Crippen molar-refractivity contribution in [2.24, 2.45) is 0 Å². The van der Waals surface area contributed by atoms with Crippen molar-refractivity contribution in [3.8, 4) is 0 Å². The van der Waals surface area contributed by atoms with Gasteiger partial charge < -0.3 is 10.2 Å². The summed E-state index contributed by atoms with van der Waals surface area (Å²) >= 11 is 0. The SMILES string of the molecule is CCCCCCCCC(=C(O)C(=O)O)c1ccccc1. The molecule has 0 bridgehead atoms. The van der Waals surface area contributed by atoms with Gasteiger partial charge in [-0.25, -0.2) is 4.79 Å². The summed E-state index contributed by atoms with van der Waals surface area (Å²) in [6, 6.07) is 9.26. The number of aliphatic hydroxyl groups excluding tert-OH is 1. The molecular weight excluding hydrogens is 252 g/mol. The van der Waals surface area contributed by atoms with Crippen molar-refractivity contribution < 1.29 is 15.0 Å². The highest BCUT2D eigenvalue weighted by atomic mass is 16.4. The molecule has 0 aliphatic rings. The maximum Gasteiger partial charge on any atom is 0.371 e. The van der Waals surface area contributed by atoms with Crippen LogP contribution < -0.4 is 0 Å². The van der Waals surface area contributed by atoms with Crippen LogP contribution in [0, 0.1) is 0 Å². The molecule has 2 N–H and O–H groups in total. The van der Waals surface area contributed by atoms with E-state index in [0.717, 1.165) is 18.4 Å². The molecule has 0 saturated heterocycles. The zero-order valence-electron chi connectivity index (χ0n) is 12.1. The summed E-state index contributed by atoms with van der Waals surface area (Å²) in [5.74, 6) is -1.78. The first-order valence-corrected chi connectivity index (χ1v) is 7.37. The molecular formula is C17H24O3. The van der Waals surface area contributed by atoms with Gasteiger partial charge in [-0.15, -0.1) is 0 Å². The van der Waals surface area contributed by atoms with Gasteiger partial charge in [-0.3, -0.25) is 0 Å². The topological polar surface area (TPSA) is 57.5 Å². The normalized spacial score (nSPS) is 12.1. The highest BCUT2D eigenvalue weighted by molar-refractivity contribution is 5.93. The first-order valence-electron chi connectivity index (χ1n) is 7.37. The van der Waals surface area contributed by atoms with E-state index in [1.807, 2.05) is 30.3 Å². The van der Waals surface area contributed by atoms with E-state index in [9.17, 15) is 9.90 Å². The summed E-state index contributed by atoms with van der Waals surface area (Å²) < 4.78 is 0. The molecule has 0 unspecified atom stereocenters. The lowest BCUT2D eigenvalue weighted by molar-refractivity contribution is -0.135. The lowest BCUT2D eigenvalue weighted by atomic mass is 9.97. The monoisotopic (exact) mass is 276 g/mol. The lowest BCUT2D eigenvalue weighted by Gasteiger charge is -2.09. The van der Waals surface area contributed by atoms with Crippen LogP contribution in [-0.2, 0) is 4.79 Å². The van der Waals surface area contributed by atoms with Crippen LogP contribution in [0.4, 0.5) is 0 Å². The molecule has 1 rings (SSSR count). The fourth-order valence-corrected chi connectivity index (χ4v) is 2.25. The average Bonchev–Trinajstić information content (AvgIpc) is 2.47. The van der Waals surface area contributed by atoms with Gasteiger partial charge >= 0.3 is 5.97 Å². The molecule has 0 aliphatic heterocycles. The third-order valence-electron chi connectivity index (χ3n) is 3.39. The Morgan fingerprint density at radius 1 is 0.950 bits per heavy atom. The van der Waals surface area contributed by atoms with E-state index in [1.165, 1.54) is 25.7 Å². The molecule has 3 nitrogen and oxygen atoms in total. The summed E-state index contributed by atoms with van der Waals surface area (Å²) in [5.41, 5.74) is 1.33. The van der Waals surface area contributed by atoms with Gasteiger partial charge in [0, 0.05) is 5.57 Å². The number of benzene rings is 1. The van der Waals surface area contributed by atoms with E-state index < -0.39 is 11.7 Å². The van der Waals surface area contributed by atoms with Crippen LogP contribution in [0.25, 0.3) is 5.57 Å². The van der Waals surface area contributed by atoms with E-state index in [-0.39, 0.29) is 0 Å². The van der Waals surface area contributed by atoms with Crippen molar-refractivity contribution in [1.29, 1.82) is 0 Å². The molecule has 0 aromatic heterocycles. The molecule has 1 aromatic carbocycles.